The van der Waals surface area contributed by atoms with Gasteiger partial charge in [0.05, 0.1) is 6.61 Å². The second-order valence-corrected chi connectivity index (χ2v) is 7.89. The van der Waals surface area contributed by atoms with Gasteiger partial charge in [-0.3, -0.25) is 4.18 Å². The molecule has 152 valence electrons. The van der Waals surface area contributed by atoms with Crippen molar-refractivity contribution in [2.45, 2.75) is 66.2 Å². The van der Waals surface area contributed by atoms with Gasteiger partial charge >= 0.3 is 5.11 Å². The molecule has 0 heterocycles. The Bertz CT molecular complexity index is 422. The summed E-state index contributed by atoms with van der Waals surface area (Å²) >= 11 is 2.02. The Balaban J connectivity index is 0. The molecule has 0 aromatic rings. The molecule has 0 aliphatic heterocycles. The zero-order valence-corrected chi connectivity index (χ0v) is 18.5. The second kappa shape index (κ2) is 17.3. The van der Waals surface area contributed by atoms with Crippen molar-refractivity contribution in [1.82, 2.24) is 9.80 Å². The SMILES string of the molecule is CCCCCCCC/[S+]=C(\N(C)C)N(CC)CC.CCOS(=O)(=O)[O-]. The van der Waals surface area contributed by atoms with Gasteiger partial charge in [0, 0.05) is 19.5 Å². The van der Waals surface area contributed by atoms with Crippen LogP contribution < -0.4 is 0 Å². The van der Waals surface area contributed by atoms with Crippen LogP contribution in [0.15, 0.2) is 0 Å². The van der Waals surface area contributed by atoms with Gasteiger partial charge in [0.25, 0.3) is 0 Å². The first-order valence-corrected chi connectivity index (χ1v) is 11.6. The molecule has 0 unspecified atom stereocenters. The molecule has 0 aromatic carbocycles. The van der Waals surface area contributed by atoms with E-state index in [0.717, 1.165) is 13.1 Å². The number of unbranched alkanes of at least 4 members (excludes halogenated alkanes) is 5. The highest BCUT2D eigenvalue weighted by Gasteiger charge is 2.20. The Hall–Kier alpha value is -0.120. The topological polar surface area (TPSA) is 72.9 Å². The fourth-order valence-corrected chi connectivity index (χ4v) is 3.71. The summed E-state index contributed by atoms with van der Waals surface area (Å²) in [7, 11) is -0.115. The van der Waals surface area contributed by atoms with E-state index in [1.54, 1.807) is 0 Å². The first-order valence-electron chi connectivity index (χ1n) is 9.25. The zero-order valence-electron chi connectivity index (χ0n) is 16.9. The number of hydrogen-bond acceptors (Lipinski definition) is 4. The molecule has 25 heavy (non-hydrogen) atoms. The van der Waals surface area contributed by atoms with Gasteiger partial charge in [0.15, 0.2) is 5.75 Å². The van der Waals surface area contributed by atoms with Crippen LogP contribution in [0.2, 0.25) is 0 Å². The van der Waals surface area contributed by atoms with E-state index in [1.807, 2.05) is 11.4 Å². The molecule has 0 spiro atoms. The van der Waals surface area contributed by atoms with Crippen molar-refractivity contribution in [3.63, 3.8) is 0 Å². The monoisotopic (exact) mass is 398 g/mol. The third-order valence-corrected chi connectivity index (χ3v) is 5.31. The minimum absolute atomic E-state index is 0.0914. The van der Waals surface area contributed by atoms with Crippen molar-refractivity contribution in [1.29, 1.82) is 0 Å². The van der Waals surface area contributed by atoms with Crippen molar-refractivity contribution in [2.24, 2.45) is 0 Å². The molecule has 0 N–H and O–H groups in total. The first kappa shape index (κ1) is 27.1. The third-order valence-electron chi connectivity index (χ3n) is 3.41. The van der Waals surface area contributed by atoms with E-state index in [0.29, 0.717) is 0 Å². The average molecular weight is 399 g/mol. The molecular weight excluding hydrogens is 360 g/mol. The van der Waals surface area contributed by atoms with Crippen LogP contribution in [-0.2, 0) is 25.9 Å². The number of hydrogen-bond donors (Lipinski definition) is 0. The molecule has 0 bridgehead atoms. The van der Waals surface area contributed by atoms with E-state index in [1.165, 1.54) is 56.3 Å². The molecule has 6 nitrogen and oxygen atoms in total. The lowest BCUT2D eigenvalue weighted by atomic mass is 10.1. The Morgan fingerprint density at radius 1 is 0.960 bits per heavy atom. The summed E-state index contributed by atoms with van der Waals surface area (Å²) in [5.74, 6) is 1.26. The Morgan fingerprint density at radius 3 is 1.84 bits per heavy atom. The normalized spacial score (nSPS) is 12.4. The summed E-state index contributed by atoms with van der Waals surface area (Å²) in [6.07, 6.45) is 8.33. The molecule has 0 saturated heterocycles. The maximum atomic E-state index is 9.45. The summed E-state index contributed by atoms with van der Waals surface area (Å²) in [5, 5.41) is 1.42. The minimum Gasteiger partial charge on any atom is -0.726 e. The van der Waals surface area contributed by atoms with E-state index in [2.05, 4.69) is 48.8 Å². The fourth-order valence-electron chi connectivity index (χ4n) is 2.19. The molecule has 0 radical (unpaired) electrons. The molecule has 8 heteroatoms. The zero-order chi connectivity index (χ0) is 19.7. The maximum Gasteiger partial charge on any atom is 0.324 e. The maximum absolute atomic E-state index is 9.45. The van der Waals surface area contributed by atoms with E-state index in [-0.39, 0.29) is 6.61 Å². The van der Waals surface area contributed by atoms with Crippen molar-refractivity contribution in [3.8, 4) is 0 Å². The molecule has 0 saturated carbocycles. The van der Waals surface area contributed by atoms with Crippen molar-refractivity contribution in [2.75, 3.05) is 39.5 Å². The first-order chi connectivity index (χ1) is 11.7. The summed E-state index contributed by atoms with van der Waals surface area (Å²) in [5.41, 5.74) is 0. The molecule has 0 atom stereocenters. The van der Waals surface area contributed by atoms with Gasteiger partial charge in [-0.25, -0.2) is 18.2 Å². The van der Waals surface area contributed by atoms with E-state index < -0.39 is 10.4 Å². The lowest BCUT2D eigenvalue weighted by Gasteiger charge is -2.18. The highest BCUT2D eigenvalue weighted by Crippen LogP contribution is 2.05. The summed E-state index contributed by atoms with van der Waals surface area (Å²) in [4.78, 5) is 4.70. The molecule has 0 rings (SSSR count). The highest BCUT2D eigenvalue weighted by molar-refractivity contribution is 7.80. The molecule has 0 fully saturated rings. The lowest BCUT2D eigenvalue weighted by Crippen LogP contribution is -2.41. The molecule has 0 aliphatic carbocycles. The minimum atomic E-state index is -4.42. The van der Waals surface area contributed by atoms with Crippen LogP contribution in [0.25, 0.3) is 0 Å². The Morgan fingerprint density at radius 2 is 1.48 bits per heavy atom. The summed E-state index contributed by atoms with van der Waals surface area (Å²) < 4.78 is 32.0. The number of nitrogens with zero attached hydrogens (tertiary/aromatic N) is 2. The third kappa shape index (κ3) is 18.5. The van der Waals surface area contributed by atoms with Crippen molar-refractivity contribution >= 4 is 26.9 Å². The van der Waals surface area contributed by atoms with Gasteiger partial charge in [0.2, 0.25) is 21.7 Å². The van der Waals surface area contributed by atoms with Gasteiger partial charge in [-0.05, 0) is 27.4 Å². The molecule has 0 amide bonds. The second-order valence-electron chi connectivity index (χ2n) is 5.78. The standard InChI is InChI=1S/C15H33N2S.C2H6O4S/c1-6-9-10-11-12-13-14-18-15(16(4)5)17(7-2)8-3;1-2-6-7(3,4)5/h6-14H2,1-5H3;2H2,1H3,(H,3,4,5)/q+1;/p-1. The van der Waals surface area contributed by atoms with Crippen molar-refractivity contribution in [3.05, 3.63) is 0 Å². The van der Waals surface area contributed by atoms with Crippen LogP contribution in [0.5, 0.6) is 0 Å². The Kier molecular flexibility index (Phi) is 18.8. The largest absolute Gasteiger partial charge is 0.726 e. The van der Waals surface area contributed by atoms with Crippen LogP contribution in [0.3, 0.4) is 0 Å². The highest BCUT2D eigenvalue weighted by atomic mass is 32.3. The fraction of sp³-hybridized carbons (Fsp3) is 0.941. The Labute approximate surface area is 159 Å². The van der Waals surface area contributed by atoms with E-state index >= 15 is 0 Å². The summed E-state index contributed by atoms with van der Waals surface area (Å²) in [6, 6.07) is 0. The average Bonchev–Trinajstić information content (AvgIpc) is 2.52. The van der Waals surface area contributed by atoms with Crippen LogP contribution in [0.4, 0.5) is 0 Å². The van der Waals surface area contributed by atoms with Gasteiger partial charge in [-0.15, -0.1) is 0 Å². The number of rotatable bonds is 11. The molecule has 0 aromatic heterocycles. The lowest BCUT2D eigenvalue weighted by molar-refractivity contribution is 0.275. The van der Waals surface area contributed by atoms with Crippen LogP contribution in [0, 0.1) is 0 Å². The van der Waals surface area contributed by atoms with Gasteiger partial charge in [0.1, 0.15) is 0 Å². The summed E-state index contributed by atoms with van der Waals surface area (Å²) in [6.45, 7) is 10.3. The van der Waals surface area contributed by atoms with E-state index in [4.69, 9.17) is 0 Å². The predicted molar refractivity (Wildman–Crippen MR) is 109 cm³/mol. The predicted octanol–water partition coefficient (Wildman–Crippen LogP) is 2.90. The van der Waals surface area contributed by atoms with Crippen molar-refractivity contribution < 1.29 is 17.2 Å². The molecule has 0 aliphatic rings. The van der Waals surface area contributed by atoms with Crippen LogP contribution >= 0.6 is 0 Å². The van der Waals surface area contributed by atoms with Gasteiger partial charge < -0.3 is 4.55 Å². The van der Waals surface area contributed by atoms with Crippen LogP contribution in [-0.4, -0.2) is 67.4 Å². The van der Waals surface area contributed by atoms with Gasteiger partial charge in [-0.2, -0.15) is 0 Å². The van der Waals surface area contributed by atoms with Crippen LogP contribution in [0.1, 0.15) is 66.2 Å². The molecular formula is C17H38N2O4S2. The smallest absolute Gasteiger partial charge is 0.324 e. The van der Waals surface area contributed by atoms with E-state index in [9.17, 15) is 13.0 Å². The quantitative estimate of drug-likeness (QED) is 0.175. The van der Waals surface area contributed by atoms with Gasteiger partial charge in [-0.1, -0.05) is 46.5 Å².